The van der Waals surface area contributed by atoms with Gasteiger partial charge in [0.25, 0.3) is 0 Å². The van der Waals surface area contributed by atoms with E-state index in [0.29, 0.717) is 11.3 Å². The monoisotopic (exact) mass is 361 g/mol. The number of hydrogen-bond donors (Lipinski definition) is 1. The van der Waals surface area contributed by atoms with Crippen LogP contribution in [-0.4, -0.2) is 42.2 Å². The fourth-order valence-corrected chi connectivity index (χ4v) is 3.19. The molecule has 0 saturated carbocycles. The summed E-state index contributed by atoms with van der Waals surface area (Å²) in [6.07, 6.45) is 0.740. The van der Waals surface area contributed by atoms with Crippen LogP contribution in [0.1, 0.15) is 60.7 Å². The quantitative estimate of drug-likeness (QED) is 0.607. The topological polar surface area (TPSA) is 90.9 Å². The summed E-state index contributed by atoms with van der Waals surface area (Å²) in [5, 5.41) is 3.26. The molecule has 0 radical (unpaired) electrons. The number of nitrogens with one attached hydrogen (secondary N) is 1. The first-order valence-corrected chi connectivity index (χ1v) is 8.70. The van der Waals surface area contributed by atoms with Crippen molar-refractivity contribution < 1.29 is 28.6 Å². The van der Waals surface area contributed by atoms with Gasteiger partial charge in [-0.25, -0.2) is 9.59 Å². The van der Waals surface area contributed by atoms with Gasteiger partial charge in [0, 0.05) is 12.8 Å². The Morgan fingerprint density at radius 3 is 2.54 bits per heavy atom. The van der Waals surface area contributed by atoms with Gasteiger partial charge in [-0.2, -0.15) is 0 Å². The molecule has 7 heteroatoms. The molecule has 0 atom stereocenters. The summed E-state index contributed by atoms with van der Waals surface area (Å²) in [7, 11) is 0. The van der Waals surface area contributed by atoms with Crippen LogP contribution in [0.3, 0.4) is 0 Å². The van der Waals surface area contributed by atoms with Crippen molar-refractivity contribution in [1.82, 2.24) is 5.32 Å². The van der Waals surface area contributed by atoms with Crippen LogP contribution in [0.5, 0.6) is 5.75 Å². The standard InChI is InChI=1S/C19H23NO6/c1-18(2,3)26-17(23)24-16(22)12-4-5-15-13(10-12)14(21)11-19(25-15)6-8-20-9-7-19/h4-5,10,20H,6-9,11H2,1-3H3. The van der Waals surface area contributed by atoms with Crippen molar-refractivity contribution in [3.63, 3.8) is 0 Å². The molecule has 1 fully saturated rings. The molecule has 2 heterocycles. The summed E-state index contributed by atoms with van der Waals surface area (Å²) >= 11 is 0. The van der Waals surface area contributed by atoms with Crippen LogP contribution in [0.15, 0.2) is 18.2 Å². The Morgan fingerprint density at radius 1 is 1.19 bits per heavy atom. The number of piperidine rings is 1. The molecule has 0 aliphatic carbocycles. The minimum absolute atomic E-state index is 0.0694. The van der Waals surface area contributed by atoms with Gasteiger partial charge in [0.2, 0.25) is 0 Å². The highest BCUT2D eigenvalue weighted by Crippen LogP contribution is 2.38. The first-order chi connectivity index (χ1) is 12.2. The SMILES string of the molecule is CC(C)(C)OC(=O)OC(=O)c1ccc2c(c1)C(=O)CC1(CCNCC1)O2. The lowest BCUT2D eigenvalue weighted by molar-refractivity contribution is -0.00155. The number of fused-ring (bicyclic) bond motifs is 1. The number of esters is 1. The molecular weight excluding hydrogens is 338 g/mol. The van der Waals surface area contributed by atoms with Crippen molar-refractivity contribution in [3.8, 4) is 5.75 Å². The molecule has 2 aliphatic heterocycles. The number of rotatable bonds is 1. The lowest BCUT2D eigenvalue weighted by atomic mass is 9.83. The molecule has 2 aliphatic rings. The van der Waals surface area contributed by atoms with Gasteiger partial charge in [-0.3, -0.25) is 4.79 Å². The third kappa shape index (κ3) is 4.04. The second-order valence-electron chi connectivity index (χ2n) is 7.70. The number of benzene rings is 1. The Hall–Kier alpha value is -2.41. The fourth-order valence-electron chi connectivity index (χ4n) is 3.19. The van der Waals surface area contributed by atoms with E-state index in [1.165, 1.54) is 12.1 Å². The van der Waals surface area contributed by atoms with E-state index < -0.39 is 23.3 Å². The predicted molar refractivity (Wildman–Crippen MR) is 92.5 cm³/mol. The van der Waals surface area contributed by atoms with Gasteiger partial charge in [-0.15, -0.1) is 0 Å². The minimum Gasteiger partial charge on any atom is -0.486 e. The summed E-state index contributed by atoms with van der Waals surface area (Å²) < 4.78 is 15.8. The van der Waals surface area contributed by atoms with E-state index in [1.54, 1.807) is 26.8 Å². The van der Waals surface area contributed by atoms with E-state index in [9.17, 15) is 14.4 Å². The van der Waals surface area contributed by atoms with E-state index in [1.807, 2.05) is 0 Å². The van der Waals surface area contributed by atoms with Gasteiger partial charge in [0.15, 0.2) is 5.78 Å². The molecule has 1 saturated heterocycles. The molecule has 0 amide bonds. The van der Waals surface area contributed by atoms with Crippen molar-refractivity contribution in [3.05, 3.63) is 29.3 Å². The Morgan fingerprint density at radius 2 is 1.88 bits per heavy atom. The number of carbonyl (C=O) groups excluding carboxylic acids is 3. The molecule has 3 rings (SSSR count). The average Bonchev–Trinajstić information content (AvgIpc) is 2.53. The summed E-state index contributed by atoms with van der Waals surface area (Å²) in [5.41, 5.74) is -0.783. The fraction of sp³-hybridized carbons (Fsp3) is 0.526. The van der Waals surface area contributed by atoms with Crippen molar-refractivity contribution in [1.29, 1.82) is 0 Å². The third-order valence-electron chi connectivity index (χ3n) is 4.41. The summed E-state index contributed by atoms with van der Waals surface area (Å²) in [4.78, 5) is 36.4. The molecule has 1 spiro atoms. The number of ether oxygens (including phenoxy) is 3. The van der Waals surface area contributed by atoms with E-state index in [4.69, 9.17) is 9.47 Å². The third-order valence-corrected chi connectivity index (χ3v) is 4.41. The summed E-state index contributed by atoms with van der Waals surface area (Å²) in [5.74, 6) is -0.464. The molecular formula is C19H23NO6. The molecule has 7 nitrogen and oxygen atoms in total. The van der Waals surface area contributed by atoms with Gasteiger partial charge < -0.3 is 19.5 Å². The first-order valence-electron chi connectivity index (χ1n) is 8.70. The van der Waals surface area contributed by atoms with E-state index in [-0.39, 0.29) is 17.8 Å². The van der Waals surface area contributed by atoms with Crippen LogP contribution in [0.2, 0.25) is 0 Å². The van der Waals surface area contributed by atoms with Crippen LogP contribution >= 0.6 is 0 Å². The summed E-state index contributed by atoms with van der Waals surface area (Å²) in [6.45, 7) is 6.63. The second-order valence-corrected chi connectivity index (χ2v) is 7.70. The molecule has 0 aromatic heterocycles. The first kappa shape index (κ1) is 18.4. The van der Waals surface area contributed by atoms with E-state index in [2.05, 4.69) is 10.1 Å². The highest BCUT2D eigenvalue weighted by molar-refractivity contribution is 6.03. The Bertz CT molecular complexity index is 743. The maximum Gasteiger partial charge on any atom is 0.516 e. The van der Waals surface area contributed by atoms with Crippen LogP contribution in [0, 0.1) is 0 Å². The maximum absolute atomic E-state index is 12.6. The van der Waals surface area contributed by atoms with Gasteiger partial charge >= 0.3 is 12.1 Å². The zero-order valence-electron chi connectivity index (χ0n) is 15.2. The molecule has 1 aromatic rings. The largest absolute Gasteiger partial charge is 0.516 e. The van der Waals surface area contributed by atoms with Crippen LogP contribution in [0.4, 0.5) is 4.79 Å². The molecule has 0 unspecified atom stereocenters. The van der Waals surface area contributed by atoms with Crippen molar-refractivity contribution in [2.75, 3.05) is 13.1 Å². The van der Waals surface area contributed by atoms with Crippen LogP contribution in [-0.2, 0) is 9.47 Å². The van der Waals surface area contributed by atoms with Gasteiger partial charge in [0.05, 0.1) is 17.5 Å². The minimum atomic E-state index is -1.07. The number of carbonyl (C=O) groups is 3. The maximum atomic E-state index is 12.6. The van der Waals surface area contributed by atoms with Crippen molar-refractivity contribution in [2.45, 2.75) is 51.2 Å². The Balaban J connectivity index is 1.75. The predicted octanol–water partition coefficient (Wildman–Crippen LogP) is 2.87. The molecule has 1 aromatic carbocycles. The van der Waals surface area contributed by atoms with Crippen LogP contribution in [0.25, 0.3) is 0 Å². The van der Waals surface area contributed by atoms with Gasteiger partial charge in [-0.1, -0.05) is 0 Å². The van der Waals surface area contributed by atoms with Crippen LogP contribution < -0.4 is 10.1 Å². The van der Waals surface area contributed by atoms with Gasteiger partial charge in [-0.05, 0) is 52.1 Å². The number of ketones is 1. The van der Waals surface area contributed by atoms with Crippen molar-refractivity contribution in [2.24, 2.45) is 0 Å². The lowest BCUT2D eigenvalue weighted by Crippen LogP contribution is -2.49. The van der Waals surface area contributed by atoms with Crippen molar-refractivity contribution >= 4 is 17.9 Å². The average molecular weight is 361 g/mol. The zero-order chi connectivity index (χ0) is 18.9. The normalized spacial score (nSPS) is 18.7. The molecule has 1 N–H and O–H groups in total. The smallest absolute Gasteiger partial charge is 0.486 e. The molecule has 140 valence electrons. The number of hydrogen-bond acceptors (Lipinski definition) is 7. The highest BCUT2D eigenvalue weighted by atomic mass is 16.7. The highest BCUT2D eigenvalue weighted by Gasteiger charge is 2.41. The summed E-state index contributed by atoms with van der Waals surface area (Å²) in [6, 6.07) is 4.49. The Kier molecular flexibility index (Phi) is 4.75. The molecule has 26 heavy (non-hydrogen) atoms. The zero-order valence-corrected chi connectivity index (χ0v) is 15.2. The molecule has 0 bridgehead atoms. The lowest BCUT2D eigenvalue weighted by Gasteiger charge is -2.40. The Labute approximate surface area is 152 Å². The number of Topliss-reactive ketones (excluding diaryl/α,β-unsaturated/α-hetero) is 1. The second kappa shape index (κ2) is 6.72. The van der Waals surface area contributed by atoms with E-state index >= 15 is 0 Å². The van der Waals surface area contributed by atoms with Gasteiger partial charge in [0.1, 0.15) is 17.0 Å². The van der Waals surface area contributed by atoms with E-state index in [0.717, 1.165) is 25.9 Å².